The molecule has 0 spiro atoms. The molecular formula is C16H19ClN2O3. The van der Waals surface area contributed by atoms with E-state index in [1.54, 1.807) is 17.0 Å². The summed E-state index contributed by atoms with van der Waals surface area (Å²) in [6.45, 7) is 2.06. The molecule has 1 aromatic carbocycles. The first-order valence-corrected chi connectivity index (χ1v) is 7.93. The Hall–Kier alpha value is -1.59. The maximum atomic E-state index is 12.7. The van der Waals surface area contributed by atoms with Gasteiger partial charge in [0, 0.05) is 23.2 Å². The van der Waals surface area contributed by atoms with Gasteiger partial charge in [0.15, 0.2) is 0 Å². The van der Waals surface area contributed by atoms with Gasteiger partial charge in [0.05, 0.1) is 6.10 Å². The third-order valence-electron chi connectivity index (χ3n) is 4.20. The second-order valence-electron chi connectivity index (χ2n) is 6.01. The smallest absolute Gasteiger partial charge is 0.252 e. The van der Waals surface area contributed by atoms with Gasteiger partial charge in [-0.05, 0) is 43.9 Å². The summed E-state index contributed by atoms with van der Waals surface area (Å²) in [6, 6.07) is 4.54. The minimum absolute atomic E-state index is 0.00522. The molecule has 22 heavy (non-hydrogen) atoms. The highest BCUT2D eigenvalue weighted by Gasteiger charge is 2.37. The summed E-state index contributed by atoms with van der Waals surface area (Å²) >= 11 is 6.01. The molecule has 0 radical (unpaired) electrons. The number of nitrogens with one attached hydrogen (secondary N) is 1. The molecule has 5 nitrogen and oxygen atoms in total. The van der Waals surface area contributed by atoms with Crippen LogP contribution >= 0.6 is 11.6 Å². The van der Waals surface area contributed by atoms with E-state index in [0.29, 0.717) is 11.6 Å². The maximum Gasteiger partial charge on any atom is 0.252 e. The molecule has 2 unspecified atom stereocenters. The molecule has 0 saturated heterocycles. The molecule has 2 amide bonds. The van der Waals surface area contributed by atoms with Gasteiger partial charge in [0.1, 0.15) is 6.04 Å². The zero-order valence-electron chi connectivity index (χ0n) is 12.4. The lowest BCUT2D eigenvalue weighted by Crippen LogP contribution is -2.54. The van der Waals surface area contributed by atoms with Crippen molar-refractivity contribution >= 4 is 29.1 Å². The summed E-state index contributed by atoms with van der Waals surface area (Å²) in [5.41, 5.74) is 1.82. The first-order valence-electron chi connectivity index (χ1n) is 7.55. The average molecular weight is 323 g/mol. The Bertz CT molecular complexity index is 613. The number of aliphatic hydroxyl groups is 1. The number of amides is 2. The second kappa shape index (κ2) is 5.89. The molecule has 1 fully saturated rings. The number of carbonyl (C=O) groups is 2. The number of rotatable bonds is 4. The van der Waals surface area contributed by atoms with Crippen molar-refractivity contribution in [1.29, 1.82) is 0 Å². The lowest BCUT2D eigenvalue weighted by atomic mass is 10.1. The van der Waals surface area contributed by atoms with Crippen LogP contribution in [0.2, 0.25) is 5.02 Å². The van der Waals surface area contributed by atoms with Gasteiger partial charge in [0.25, 0.3) is 5.91 Å². The molecule has 0 bridgehead atoms. The summed E-state index contributed by atoms with van der Waals surface area (Å²) in [4.78, 5) is 26.3. The van der Waals surface area contributed by atoms with Gasteiger partial charge in [-0.25, -0.2) is 0 Å². The topological polar surface area (TPSA) is 69.6 Å². The van der Waals surface area contributed by atoms with Crippen molar-refractivity contribution in [2.24, 2.45) is 5.92 Å². The second-order valence-corrected chi connectivity index (χ2v) is 6.45. The van der Waals surface area contributed by atoms with Crippen LogP contribution in [0.5, 0.6) is 0 Å². The molecule has 2 atom stereocenters. The molecule has 1 saturated carbocycles. The number of aliphatic hydroxyl groups excluding tert-OH is 1. The van der Waals surface area contributed by atoms with Crippen LogP contribution in [0.3, 0.4) is 0 Å². The Balaban J connectivity index is 1.79. The Kier molecular flexibility index (Phi) is 4.10. The maximum absolute atomic E-state index is 12.7. The predicted octanol–water partition coefficient (Wildman–Crippen LogP) is 1.50. The summed E-state index contributed by atoms with van der Waals surface area (Å²) < 4.78 is 0. The molecule has 1 aliphatic heterocycles. The lowest BCUT2D eigenvalue weighted by molar-refractivity contribution is -0.130. The van der Waals surface area contributed by atoms with Gasteiger partial charge in [-0.1, -0.05) is 17.7 Å². The van der Waals surface area contributed by atoms with Crippen LogP contribution in [0.25, 0.3) is 0 Å². The van der Waals surface area contributed by atoms with E-state index in [-0.39, 0.29) is 17.7 Å². The minimum atomic E-state index is -0.946. The number of fused-ring (bicyclic) bond motifs is 1. The highest BCUT2D eigenvalue weighted by molar-refractivity contribution is 6.31. The van der Waals surface area contributed by atoms with Crippen molar-refractivity contribution in [3.8, 4) is 0 Å². The predicted molar refractivity (Wildman–Crippen MR) is 83.8 cm³/mol. The number of hydrogen-bond donors (Lipinski definition) is 2. The minimum Gasteiger partial charge on any atom is -0.391 e. The van der Waals surface area contributed by atoms with Gasteiger partial charge in [0.2, 0.25) is 5.91 Å². The molecule has 2 N–H and O–H groups in total. The van der Waals surface area contributed by atoms with Gasteiger partial charge in [-0.3, -0.25) is 9.59 Å². The Labute approximate surface area is 134 Å². The monoisotopic (exact) mass is 322 g/mol. The number of halogens is 1. The zero-order valence-corrected chi connectivity index (χ0v) is 13.1. The molecule has 3 rings (SSSR count). The van der Waals surface area contributed by atoms with Crippen LogP contribution in [-0.4, -0.2) is 35.6 Å². The molecule has 6 heteroatoms. The number of anilines is 1. The van der Waals surface area contributed by atoms with Crippen LogP contribution in [0.1, 0.15) is 25.3 Å². The number of nitrogens with zero attached hydrogens (tertiary/aromatic N) is 1. The van der Waals surface area contributed by atoms with Crippen LogP contribution in [0, 0.1) is 5.92 Å². The van der Waals surface area contributed by atoms with Crippen LogP contribution in [0.4, 0.5) is 5.69 Å². The SMILES string of the molecule is CC(O)C(NC(=O)C1CC1)C(=O)N1CCc2ccc(Cl)cc21. The number of benzene rings is 1. The van der Waals surface area contributed by atoms with E-state index in [2.05, 4.69) is 5.32 Å². The highest BCUT2D eigenvalue weighted by atomic mass is 35.5. The summed E-state index contributed by atoms with van der Waals surface area (Å²) in [6.07, 6.45) is 1.52. The Morgan fingerprint density at radius 3 is 2.77 bits per heavy atom. The van der Waals surface area contributed by atoms with E-state index in [4.69, 9.17) is 11.6 Å². The van der Waals surface area contributed by atoms with Crippen molar-refractivity contribution in [2.45, 2.75) is 38.3 Å². The van der Waals surface area contributed by atoms with E-state index < -0.39 is 12.1 Å². The van der Waals surface area contributed by atoms with E-state index >= 15 is 0 Å². The van der Waals surface area contributed by atoms with Gasteiger partial charge < -0.3 is 15.3 Å². The van der Waals surface area contributed by atoms with E-state index in [9.17, 15) is 14.7 Å². The third kappa shape index (κ3) is 2.96. The molecule has 1 heterocycles. The molecule has 1 aromatic rings. The van der Waals surface area contributed by atoms with Crippen molar-refractivity contribution in [3.63, 3.8) is 0 Å². The largest absolute Gasteiger partial charge is 0.391 e. The Morgan fingerprint density at radius 1 is 1.41 bits per heavy atom. The summed E-state index contributed by atoms with van der Waals surface area (Å²) in [5.74, 6) is -0.441. The Morgan fingerprint density at radius 2 is 2.14 bits per heavy atom. The normalized spacial score (nSPS) is 19.5. The zero-order chi connectivity index (χ0) is 15.9. The summed E-state index contributed by atoms with van der Waals surface area (Å²) in [7, 11) is 0. The molecule has 1 aliphatic carbocycles. The van der Waals surface area contributed by atoms with Gasteiger partial charge in [-0.15, -0.1) is 0 Å². The quantitative estimate of drug-likeness (QED) is 0.882. The fourth-order valence-corrected chi connectivity index (χ4v) is 2.92. The van der Waals surface area contributed by atoms with Crippen molar-refractivity contribution in [1.82, 2.24) is 5.32 Å². The van der Waals surface area contributed by atoms with Crippen molar-refractivity contribution < 1.29 is 14.7 Å². The third-order valence-corrected chi connectivity index (χ3v) is 4.44. The van der Waals surface area contributed by atoms with Gasteiger partial charge in [-0.2, -0.15) is 0 Å². The molecule has 118 valence electrons. The number of hydrogen-bond acceptors (Lipinski definition) is 3. The van der Waals surface area contributed by atoms with E-state index in [0.717, 1.165) is 30.5 Å². The van der Waals surface area contributed by atoms with Gasteiger partial charge >= 0.3 is 0 Å². The van der Waals surface area contributed by atoms with Crippen molar-refractivity contribution in [2.75, 3.05) is 11.4 Å². The fraction of sp³-hybridized carbons (Fsp3) is 0.500. The number of carbonyl (C=O) groups excluding carboxylic acids is 2. The van der Waals surface area contributed by atoms with Crippen LogP contribution in [0.15, 0.2) is 18.2 Å². The fourth-order valence-electron chi connectivity index (χ4n) is 2.75. The lowest BCUT2D eigenvalue weighted by Gasteiger charge is -2.26. The van der Waals surface area contributed by atoms with E-state index in [1.807, 2.05) is 6.07 Å². The summed E-state index contributed by atoms with van der Waals surface area (Å²) in [5, 5.41) is 13.2. The van der Waals surface area contributed by atoms with Crippen LogP contribution < -0.4 is 10.2 Å². The van der Waals surface area contributed by atoms with Crippen molar-refractivity contribution in [3.05, 3.63) is 28.8 Å². The highest BCUT2D eigenvalue weighted by Crippen LogP contribution is 2.32. The standard InChI is InChI=1S/C16H19ClN2O3/c1-9(20)14(18-15(21)11-2-3-11)16(22)19-7-6-10-4-5-12(17)8-13(10)19/h4-5,8-9,11,14,20H,2-3,6-7H2,1H3,(H,18,21). The first-order chi connectivity index (χ1) is 10.5. The van der Waals surface area contributed by atoms with E-state index in [1.165, 1.54) is 6.92 Å². The molecular weight excluding hydrogens is 304 g/mol. The van der Waals surface area contributed by atoms with Crippen LogP contribution in [-0.2, 0) is 16.0 Å². The molecule has 0 aromatic heterocycles. The molecule has 2 aliphatic rings. The average Bonchev–Trinajstić information content (AvgIpc) is 3.24. The first kappa shape index (κ1) is 15.3.